The molecule has 4 aliphatic rings. The van der Waals surface area contributed by atoms with E-state index in [-0.39, 0.29) is 11.9 Å². The molecule has 1 amide bonds. The number of aromatic nitrogens is 1. The van der Waals surface area contributed by atoms with Crippen LogP contribution >= 0.6 is 0 Å². The number of amides is 1. The summed E-state index contributed by atoms with van der Waals surface area (Å²) in [6, 6.07) is 10.8. The Labute approximate surface area is 165 Å². The molecular weight excluding hydrogens is 354 g/mol. The van der Waals surface area contributed by atoms with E-state index in [1.165, 1.54) is 18.4 Å². The van der Waals surface area contributed by atoms with Crippen molar-refractivity contribution in [1.82, 2.24) is 15.0 Å². The first-order valence-electron chi connectivity index (χ1n) is 10.3. The van der Waals surface area contributed by atoms with Crippen LogP contribution in [0.4, 0.5) is 0 Å². The number of nitrogens with zero attached hydrogens (tertiary/aromatic N) is 3. The van der Waals surface area contributed by atoms with Gasteiger partial charge in [-0.05, 0) is 49.5 Å². The van der Waals surface area contributed by atoms with E-state index in [0.29, 0.717) is 23.6 Å². The van der Waals surface area contributed by atoms with Gasteiger partial charge in [0.25, 0.3) is 5.91 Å². The summed E-state index contributed by atoms with van der Waals surface area (Å²) in [6.45, 7) is 5.03. The molecule has 6 rings (SSSR count). The number of ether oxygens (including phenoxy) is 1. The number of methoxy groups -OCH3 is 1. The van der Waals surface area contributed by atoms with Crippen LogP contribution in [-0.2, 0) is 6.42 Å². The molecule has 5 heterocycles. The van der Waals surface area contributed by atoms with E-state index >= 15 is 0 Å². The molecule has 6 heteroatoms. The molecule has 28 heavy (non-hydrogen) atoms. The third kappa shape index (κ3) is 2.73. The number of carbonyl (C=O) groups excluding carboxylic acids is 1. The highest BCUT2D eigenvalue weighted by molar-refractivity contribution is 5.93. The second-order valence-electron chi connectivity index (χ2n) is 8.22. The lowest BCUT2D eigenvalue weighted by Crippen LogP contribution is -2.60. The van der Waals surface area contributed by atoms with E-state index in [1.807, 2.05) is 19.1 Å². The SMILES string of the molecule is CCc1cc(C(=O)N2C[C@@H](c3ccc(OC)cc3)[C@@H]3[C@H]2C2CCN3CC2)no1. The second-order valence-corrected chi connectivity index (χ2v) is 8.22. The van der Waals surface area contributed by atoms with Crippen molar-refractivity contribution in [3.63, 3.8) is 0 Å². The molecule has 1 aromatic carbocycles. The molecule has 4 fully saturated rings. The Morgan fingerprint density at radius 2 is 1.96 bits per heavy atom. The summed E-state index contributed by atoms with van der Waals surface area (Å²) in [5.41, 5.74) is 1.73. The van der Waals surface area contributed by atoms with Crippen LogP contribution in [0, 0.1) is 5.92 Å². The first kappa shape index (κ1) is 17.7. The van der Waals surface area contributed by atoms with Crippen LogP contribution in [0.2, 0.25) is 0 Å². The number of carbonyl (C=O) groups is 1. The van der Waals surface area contributed by atoms with Gasteiger partial charge < -0.3 is 14.2 Å². The minimum atomic E-state index is 0.0169. The molecule has 4 aliphatic heterocycles. The van der Waals surface area contributed by atoms with Gasteiger partial charge in [-0.2, -0.15) is 0 Å². The van der Waals surface area contributed by atoms with Gasteiger partial charge in [0.05, 0.1) is 13.2 Å². The van der Waals surface area contributed by atoms with Crippen molar-refractivity contribution in [2.45, 2.75) is 44.2 Å². The summed E-state index contributed by atoms with van der Waals surface area (Å²) in [6.07, 6.45) is 3.11. The van der Waals surface area contributed by atoms with Gasteiger partial charge in [-0.3, -0.25) is 9.69 Å². The Balaban J connectivity index is 1.48. The van der Waals surface area contributed by atoms with Crippen LogP contribution in [0.25, 0.3) is 0 Å². The smallest absolute Gasteiger partial charge is 0.276 e. The Kier molecular flexibility index (Phi) is 4.38. The summed E-state index contributed by atoms with van der Waals surface area (Å²) in [4.78, 5) is 18.0. The number of fused-ring (bicyclic) bond motifs is 2. The van der Waals surface area contributed by atoms with Crippen LogP contribution in [-0.4, -0.2) is 59.7 Å². The van der Waals surface area contributed by atoms with Gasteiger partial charge >= 0.3 is 0 Å². The number of likely N-dealkylation sites (tertiary alicyclic amines) is 1. The molecule has 2 bridgehead atoms. The van der Waals surface area contributed by atoms with E-state index in [9.17, 15) is 4.79 Å². The molecule has 3 atom stereocenters. The van der Waals surface area contributed by atoms with Gasteiger partial charge in [-0.15, -0.1) is 0 Å². The molecule has 148 valence electrons. The maximum atomic E-state index is 13.3. The average molecular weight is 381 g/mol. The van der Waals surface area contributed by atoms with Crippen LogP contribution in [0.5, 0.6) is 5.75 Å². The predicted octanol–water partition coefficient (Wildman–Crippen LogP) is 2.95. The molecule has 2 aromatic rings. The van der Waals surface area contributed by atoms with Crippen molar-refractivity contribution in [3.05, 3.63) is 47.3 Å². The van der Waals surface area contributed by atoms with Gasteiger partial charge in [0.15, 0.2) is 5.69 Å². The van der Waals surface area contributed by atoms with Crippen molar-refractivity contribution in [1.29, 1.82) is 0 Å². The third-order valence-electron chi connectivity index (χ3n) is 6.93. The van der Waals surface area contributed by atoms with Crippen molar-refractivity contribution < 1.29 is 14.1 Å². The van der Waals surface area contributed by atoms with Gasteiger partial charge in [0.1, 0.15) is 11.5 Å². The fraction of sp³-hybridized carbons (Fsp3) is 0.545. The van der Waals surface area contributed by atoms with Crippen LogP contribution < -0.4 is 4.74 Å². The van der Waals surface area contributed by atoms with Crippen molar-refractivity contribution in [2.24, 2.45) is 5.92 Å². The normalized spacial score (nSPS) is 31.1. The van der Waals surface area contributed by atoms with E-state index in [4.69, 9.17) is 9.26 Å². The Bertz CT molecular complexity index is 854. The molecule has 0 radical (unpaired) electrons. The first-order valence-corrected chi connectivity index (χ1v) is 10.3. The highest BCUT2D eigenvalue weighted by Gasteiger charge is 2.54. The number of piperidine rings is 3. The standard InChI is InChI=1S/C22H27N3O3/c1-3-16-12-19(23-28-16)22(26)25-13-18(14-4-6-17(27-2)7-5-14)21-20(25)15-8-10-24(21)11-9-15/h4-7,12,15,18,20-21H,3,8-11,13H2,1-2H3/t18-,20+,21+/m0/s1. The fourth-order valence-electron chi connectivity index (χ4n) is 5.53. The monoisotopic (exact) mass is 381 g/mol. The van der Waals surface area contributed by atoms with Crippen LogP contribution in [0.1, 0.15) is 47.5 Å². The van der Waals surface area contributed by atoms with E-state index < -0.39 is 0 Å². The van der Waals surface area contributed by atoms with E-state index in [2.05, 4.69) is 27.1 Å². The average Bonchev–Trinajstić information content (AvgIpc) is 3.40. The Hall–Kier alpha value is -2.34. The minimum absolute atomic E-state index is 0.0169. The van der Waals surface area contributed by atoms with Crippen molar-refractivity contribution in [3.8, 4) is 5.75 Å². The summed E-state index contributed by atoms with van der Waals surface area (Å²) in [5.74, 6) is 2.55. The molecule has 4 saturated heterocycles. The lowest BCUT2D eigenvalue weighted by atomic mass is 9.75. The summed E-state index contributed by atoms with van der Waals surface area (Å²) in [7, 11) is 1.69. The maximum absolute atomic E-state index is 13.3. The van der Waals surface area contributed by atoms with E-state index in [1.54, 1.807) is 13.2 Å². The number of aryl methyl sites for hydroxylation is 1. The predicted molar refractivity (Wildman–Crippen MR) is 105 cm³/mol. The van der Waals surface area contributed by atoms with E-state index in [0.717, 1.165) is 37.6 Å². The zero-order chi connectivity index (χ0) is 19.3. The summed E-state index contributed by atoms with van der Waals surface area (Å²) in [5, 5.41) is 4.06. The minimum Gasteiger partial charge on any atom is -0.497 e. The van der Waals surface area contributed by atoms with Crippen molar-refractivity contribution in [2.75, 3.05) is 26.7 Å². The quantitative estimate of drug-likeness (QED) is 0.815. The summed E-state index contributed by atoms with van der Waals surface area (Å²) >= 11 is 0. The summed E-state index contributed by atoms with van der Waals surface area (Å²) < 4.78 is 10.6. The van der Waals surface area contributed by atoms with Crippen LogP contribution in [0.15, 0.2) is 34.9 Å². The lowest BCUT2D eigenvalue weighted by molar-refractivity contribution is -0.00369. The number of hydrogen-bond donors (Lipinski definition) is 0. The lowest BCUT2D eigenvalue weighted by Gasteiger charge is -2.51. The molecular formula is C22H27N3O3. The van der Waals surface area contributed by atoms with Gasteiger partial charge in [-0.1, -0.05) is 24.2 Å². The molecule has 1 aromatic heterocycles. The highest BCUT2D eigenvalue weighted by Crippen LogP contribution is 2.47. The van der Waals surface area contributed by atoms with Crippen LogP contribution in [0.3, 0.4) is 0 Å². The molecule has 6 nitrogen and oxygen atoms in total. The zero-order valence-corrected chi connectivity index (χ0v) is 16.5. The number of rotatable bonds is 4. The fourth-order valence-corrected chi connectivity index (χ4v) is 5.53. The molecule has 0 saturated carbocycles. The van der Waals surface area contributed by atoms with Gasteiger partial charge in [0, 0.05) is 31.0 Å². The molecule has 0 unspecified atom stereocenters. The van der Waals surface area contributed by atoms with Gasteiger partial charge in [0.2, 0.25) is 0 Å². The Morgan fingerprint density at radius 1 is 1.21 bits per heavy atom. The van der Waals surface area contributed by atoms with Gasteiger partial charge in [-0.25, -0.2) is 0 Å². The zero-order valence-electron chi connectivity index (χ0n) is 16.5. The molecule has 0 spiro atoms. The largest absolute Gasteiger partial charge is 0.497 e. The second kappa shape index (κ2) is 6.92. The van der Waals surface area contributed by atoms with Crippen molar-refractivity contribution >= 4 is 5.91 Å². The first-order chi connectivity index (χ1) is 13.7. The topological polar surface area (TPSA) is 58.8 Å². The third-order valence-corrected chi connectivity index (χ3v) is 6.93. The number of benzene rings is 1. The number of hydrogen-bond acceptors (Lipinski definition) is 5. The molecule has 0 N–H and O–H groups in total. The Morgan fingerprint density at radius 3 is 2.61 bits per heavy atom. The molecule has 0 aliphatic carbocycles. The highest BCUT2D eigenvalue weighted by atomic mass is 16.5. The maximum Gasteiger partial charge on any atom is 0.276 e.